The van der Waals surface area contributed by atoms with E-state index in [1.807, 2.05) is 0 Å². The molecule has 2 rings (SSSR count). The van der Waals surface area contributed by atoms with E-state index >= 15 is 0 Å². The van der Waals surface area contributed by atoms with E-state index in [1.54, 1.807) is 0 Å². The van der Waals surface area contributed by atoms with E-state index < -0.39 is 140 Å². The molecular weight excluding hydrogens is 676 g/mol. The lowest BCUT2D eigenvalue weighted by atomic mass is 9.86. The molecule has 288 valence electrons. The Balaban J connectivity index is 2.68. The van der Waals surface area contributed by atoms with Crippen LogP contribution in [0.1, 0.15) is 48.0 Å². The molecule has 21 heteroatoms. The second-order valence-corrected chi connectivity index (χ2v) is 12.4. The van der Waals surface area contributed by atoms with Gasteiger partial charge in [-0.2, -0.15) is 0 Å². The molecule has 0 aromatic heterocycles. The SMILES string of the molecule is CC(=O)N[C@H]([C@@H]1O[C@@](O[C@H]([C@H](O)[C@H](C)O)[C@@H](CO)NC(C)=O)(C(=O)O)C[C@H](O)[C@@H]1NC(C)=O)[C@H](C)O[C@H]1O[C@H](CO)[C@H](O)[C@H](O)[C@H]1NC(C)=O. The van der Waals surface area contributed by atoms with E-state index in [4.69, 9.17) is 18.9 Å². The number of hydrogen-bond donors (Lipinski definition) is 12. The number of aliphatic hydroxyl groups is 7. The van der Waals surface area contributed by atoms with Crippen LogP contribution >= 0.6 is 0 Å². The van der Waals surface area contributed by atoms with E-state index in [1.165, 1.54) is 6.92 Å². The zero-order valence-electron chi connectivity index (χ0n) is 28.5. The van der Waals surface area contributed by atoms with Crippen LogP contribution in [-0.2, 0) is 42.9 Å². The highest BCUT2D eigenvalue weighted by atomic mass is 16.7. The second-order valence-electron chi connectivity index (χ2n) is 12.4. The Morgan fingerprint density at radius 2 is 1.42 bits per heavy atom. The minimum absolute atomic E-state index is 0.672. The van der Waals surface area contributed by atoms with Crippen molar-refractivity contribution in [2.24, 2.45) is 0 Å². The first-order chi connectivity index (χ1) is 23.2. The third-order valence-corrected chi connectivity index (χ3v) is 8.24. The molecule has 15 atom stereocenters. The van der Waals surface area contributed by atoms with Crippen LogP contribution in [0.2, 0.25) is 0 Å². The van der Waals surface area contributed by atoms with Crippen molar-refractivity contribution >= 4 is 29.6 Å². The zero-order chi connectivity index (χ0) is 38.2. The summed E-state index contributed by atoms with van der Waals surface area (Å²) < 4.78 is 23.4. The molecule has 4 amide bonds. The lowest BCUT2D eigenvalue weighted by Crippen LogP contribution is -2.72. The van der Waals surface area contributed by atoms with Gasteiger partial charge >= 0.3 is 5.97 Å². The van der Waals surface area contributed by atoms with Crippen molar-refractivity contribution < 1.29 is 83.8 Å². The van der Waals surface area contributed by atoms with Gasteiger partial charge in [-0.15, -0.1) is 0 Å². The number of carbonyl (C=O) groups is 5. The molecular formula is C29H50N4O17. The summed E-state index contributed by atoms with van der Waals surface area (Å²) in [5.41, 5.74) is 0. The largest absolute Gasteiger partial charge is 0.477 e. The number of carboxylic acids is 1. The molecule has 2 aliphatic rings. The monoisotopic (exact) mass is 726 g/mol. The summed E-state index contributed by atoms with van der Waals surface area (Å²) in [4.78, 5) is 61.6. The van der Waals surface area contributed by atoms with Crippen LogP contribution in [0, 0.1) is 0 Å². The molecule has 2 heterocycles. The Morgan fingerprint density at radius 1 is 0.860 bits per heavy atom. The van der Waals surface area contributed by atoms with E-state index in [-0.39, 0.29) is 0 Å². The van der Waals surface area contributed by atoms with Crippen LogP contribution in [0.25, 0.3) is 0 Å². The fraction of sp³-hybridized carbons (Fsp3) is 0.828. The standard InChI is InChI=1S/C29H50N4O17/c1-10(36)22(42)25(16(8-34)30-12(3)37)49-29(28(45)46)7-17(41)20(32-14(5)39)26(50-29)19(31-13(4)38)11(2)47-27-21(33-15(6)40)24(44)23(43)18(9-35)48-27/h10-11,16-27,34-36,41-44H,7-9H2,1-6H3,(H,30,37)(H,31,38)(H,32,39)(H,33,40)(H,45,46)/t10-,11-,16+,17-,18+,19-,20-,21+,22+,23-,24+,25-,26-,27-,29+/m0/s1. The van der Waals surface area contributed by atoms with Crippen LogP contribution < -0.4 is 21.3 Å². The maximum Gasteiger partial charge on any atom is 0.364 e. The summed E-state index contributed by atoms with van der Waals surface area (Å²) in [6.45, 7) is 5.04. The zero-order valence-corrected chi connectivity index (χ0v) is 28.5. The second kappa shape index (κ2) is 18.4. The summed E-state index contributed by atoms with van der Waals surface area (Å²) in [6.07, 6.45) is -17.8. The first-order valence-corrected chi connectivity index (χ1v) is 15.8. The average Bonchev–Trinajstić information content (AvgIpc) is 3.01. The first-order valence-electron chi connectivity index (χ1n) is 15.8. The number of nitrogens with one attached hydrogen (secondary N) is 4. The molecule has 50 heavy (non-hydrogen) atoms. The van der Waals surface area contributed by atoms with Gasteiger partial charge in [0.1, 0.15) is 42.7 Å². The minimum atomic E-state index is -2.95. The van der Waals surface area contributed by atoms with Crippen LogP contribution in [0.5, 0.6) is 0 Å². The van der Waals surface area contributed by atoms with Gasteiger partial charge in [0.05, 0.1) is 49.7 Å². The van der Waals surface area contributed by atoms with Gasteiger partial charge in [-0.1, -0.05) is 0 Å². The van der Waals surface area contributed by atoms with Gasteiger partial charge in [-0.25, -0.2) is 4.79 Å². The van der Waals surface area contributed by atoms with Crippen molar-refractivity contribution in [3.8, 4) is 0 Å². The number of ether oxygens (including phenoxy) is 4. The van der Waals surface area contributed by atoms with Gasteiger partial charge in [0, 0.05) is 34.1 Å². The van der Waals surface area contributed by atoms with Crippen molar-refractivity contribution in [1.82, 2.24) is 21.3 Å². The maximum atomic E-state index is 13.0. The third kappa shape index (κ3) is 10.7. The topological polar surface area (TPSA) is 332 Å². The van der Waals surface area contributed by atoms with E-state index in [0.29, 0.717) is 0 Å². The normalized spacial score (nSPS) is 33.5. The number of rotatable bonds is 16. The fourth-order valence-electron chi connectivity index (χ4n) is 5.90. The number of hydrogen-bond acceptors (Lipinski definition) is 16. The van der Waals surface area contributed by atoms with Crippen LogP contribution in [-0.4, -0.2) is 175 Å². The molecule has 0 aromatic rings. The van der Waals surface area contributed by atoms with Crippen LogP contribution in [0.4, 0.5) is 0 Å². The van der Waals surface area contributed by atoms with Crippen molar-refractivity contribution in [2.75, 3.05) is 13.2 Å². The number of aliphatic hydroxyl groups excluding tert-OH is 7. The van der Waals surface area contributed by atoms with E-state index in [0.717, 1.165) is 34.6 Å². The Morgan fingerprint density at radius 3 is 1.88 bits per heavy atom. The van der Waals surface area contributed by atoms with Gasteiger partial charge in [0.25, 0.3) is 5.79 Å². The molecule has 12 N–H and O–H groups in total. The van der Waals surface area contributed by atoms with Crippen molar-refractivity contribution in [3.05, 3.63) is 0 Å². The van der Waals surface area contributed by atoms with Crippen LogP contribution in [0.3, 0.4) is 0 Å². The van der Waals surface area contributed by atoms with E-state index in [9.17, 15) is 64.8 Å². The molecule has 0 unspecified atom stereocenters. The summed E-state index contributed by atoms with van der Waals surface area (Å²) in [6, 6.07) is -6.00. The molecule has 2 saturated heterocycles. The average molecular weight is 727 g/mol. The Kier molecular flexibility index (Phi) is 15.9. The molecule has 0 spiro atoms. The fourth-order valence-corrected chi connectivity index (χ4v) is 5.90. The predicted octanol–water partition coefficient (Wildman–Crippen LogP) is -6.10. The number of carbonyl (C=O) groups excluding carboxylic acids is 4. The number of amides is 4. The van der Waals surface area contributed by atoms with Gasteiger partial charge in [-0.3, -0.25) is 19.2 Å². The highest BCUT2D eigenvalue weighted by Gasteiger charge is 2.58. The number of carboxylic acid groups (broad SMARTS) is 1. The number of aliphatic carboxylic acids is 1. The Bertz CT molecular complexity index is 1190. The smallest absolute Gasteiger partial charge is 0.364 e. The summed E-state index contributed by atoms with van der Waals surface area (Å²) >= 11 is 0. The van der Waals surface area contributed by atoms with Gasteiger partial charge < -0.3 is 81.1 Å². The van der Waals surface area contributed by atoms with Crippen molar-refractivity contribution in [2.45, 2.75) is 139 Å². The molecule has 2 aliphatic heterocycles. The Hall–Kier alpha value is -3.09. The highest BCUT2D eigenvalue weighted by Crippen LogP contribution is 2.36. The predicted molar refractivity (Wildman–Crippen MR) is 164 cm³/mol. The molecule has 0 aliphatic carbocycles. The summed E-state index contributed by atoms with van der Waals surface area (Å²) in [5, 5.41) is 93.3. The minimum Gasteiger partial charge on any atom is -0.477 e. The Labute approximate surface area is 287 Å². The molecule has 0 saturated carbocycles. The molecule has 0 aromatic carbocycles. The molecule has 0 bridgehead atoms. The lowest BCUT2D eigenvalue weighted by Gasteiger charge is -2.50. The summed E-state index contributed by atoms with van der Waals surface area (Å²) in [7, 11) is 0. The van der Waals surface area contributed by atoms with E-state index in [2.05, 4.69) is 21.3 Å². The first kappa shape index (κ1) is 43.1. The lowest BCUT2D eigenvalue weighted by molar-refractivity contribution is -0.330. The molecule has 21 nitrogen and oxygen atoms in total. The molecule has 2 fully saturated rings. The molecule has 0 radical (unpaired) electrons. The van der Waals surface area contributed by atoms with Crippen molar-refractivity contribution in [3.63, 3.8) is 0 Å². The van der Waals surface area contributed by atoms with Gasteiger partial charge in [0.15, 0.2) is 6.29 Å². The maximum absolute atomic E-state index is 13.0. The van der Waals surface area contributed by atoms with Gasteiger partial charge in [0.2, 0.25) is 23.6 Å². The van der Waals surface area contributed by atoms with Gasteiger partial charge in [-0.05, 0) is 13.8 Å². The van der Waals surface area contributed by atoms with Crippen molar-refractivity contribution in [1.29, 1.82) is 0 Å². The van der Waals surface area contributed by atoms with Crippen LogP contribution in [0.15, 0.2) is 0 Å². The highest BCUT2D eigenvalue weighted by molar-refractivity contribution is 5.77. The summed E-state index contributed by atoms with van der Waals surface area (Å²) in [5.74, 6) is -7.73. The quantitative estimate of drug-likeness (QED) is 0.0704. The third-order valence-electron chi connectivity index (χ3n) is 8.24.